The molecular weight excluding hydrogens is 575 g/mol. The fourth-order valence-corrected chi connectivity index (χ4v) is 6.95. The maximum Gasteiger partial charge on any atom is 0.339 e. The van der Waals surface area contributed by atoms with Gasteiger partial charge in [-0.2, -0.15) is 0 Å². The van der Waals surface area contributed by atoms with Gasteiger partial charge < -0.3 is 28.1 Å². The standard InChI is InChI=1S/C30H37N4O8P/c1-7-30-19-39-24(25(30)42-43(40-17-15-31-6)34(20(2)3)21(4)5)27(41-30)33-18-23(26(35)32-29(33)37)14-11-16-38-28(36)22-12-9-8-10-13-22/h8-10,12-13,18,20-21,24-25,27H,7,15-17,19H2,1-5H3,(H,32,35,37)/t24?,25-,27+,30+,43?/m0/s1. The summed E-state index contributed by atoms with van der Waals surface area (Å²) in [7, 11) is -1.59. The molecule has 3 heterocycles. The third kappa shape index (κ3) is 7.25. The zero-order chi connectivity index (χ0) is 31.1. The highest BCUT2D eigenvalue weighted by molar-refractivity contribution is 7.44. The Balaban J connectivity index is 1.56. The van der Waals surface area contributed by atoms with Crippen LogP contribution in [-0.2, 0) is 23.3 Å². The Labute approximate surface area is 252 Å². The van der Waals surface area contributed by atoms with Crippen LogP contribution in [0.4, 0.5) is 0 Å². The first-order chi connectivity index (χ1) is 20.6. The monoisotopic (exact) mass is 612 g/mol. The maximum atomic E-state index is 13.0. The average molecular weight is 613 g/mol. The largest absolute Gasteiger partial charge is 0.449 e. The van der Waals surface area contributed by atoms with Gasteiger partial charge in [0.1, 0.15) is 30.0 Å². The molecule has 43 heavy (non-hydrogen) atoms. The van der Waals surface area contributed by atoms with Crippen LogP contribution in [-0.4, -0.2) is 76.4 Å². The van der Waals surface area contributed by atoms with Crippen molar-refractivity contribution in [3.63, 3.8) is 0 Å². The van der Waals surface area contributed by atoms with Gasteiger partial charge in [0.05, 0.1) is 12.2 Å². The highest BCUT2D eigenvalue weighted by Crippen LogP contribution is 2.55. The first-order valence-electron chi connectivity index (χ1n) is 14.2. The molecule has 2 aliphatic heterocycles. The molecule has 0 saturated carbocycles. The first-order valence-corrected chi connectivity index (χ1v) is 15.3. The van der Waals surface area contributed by atoms with Crippen molar-refractivity contribution in [2.75, 3.05) is 26.4 Å². The number of fused-ring (bicyclic) bond motifs is 2. The van der Waals surface area contributed by atoms with Crippen molar-refractivity contribution in [1.82, 2.24) is 14.2 Å². The van der Waals surface area contributed by atoms with Crippen LogP contribution < -0.4 is 11.2 Å². The summed E-state index contributed by atoms with van der Waals surface area (Å²) >= 11 is 0. The molecule has 0 radical (unpaired) electrons. The Hall–Kier alpha value is -3.35. The fraction of sp³-hybridized carbons (Fsp3) is 0.533. The smallest absolute Gasteiger partial charge is 0.339 e. The summed E-state index contributed by atoms with van der Waals surface area (Å²) in [5.41, 5.74) is -1.83. The zero-order valence-corrected chi connectivity index (χ0v) is 25.8. The number of hydrogen-bond acceptors (Lipinski definition) is 9. The second-order valence-corrected chi connectivity index (χ2v) is 12.1. The molecule has 1 N–H and O–H groups in total. The van der Waals surface area contributed by atoms with Crippen LogP contribution in [0.15, 0.2) is 46.1 Å². The Kier molecular flexibility index (Phi) is 10.9. The number of rotatable bonds is 12. The number of nitrogens with zero attached hydrogens (tertiary/aromatic N) is 3. The van der Waals surface area contributed by atoms with Crippen molar-refractivity contribution in [1.29, 1.82) is 0 Å². The van der Waals surface area contributed by atoms with E-state index in [1.165, 1.54) is 10.8 Å². The van der Waals surface area contributed by atoms with Crippen molar-refractivity contribution in [2.45, 2.75) is 77.2 Å². The minimum absolute atomic E-state index is 0.000250. The number of hydrogen-bond donors (Lipinski definition) is 1. The molecule has 2 bridgehead atoms. The van der Waals surface area contributed by atoms with E-state index in [0.717, 1.165) is 0 Å². The molecule has 0 amide bonds. The molecule has 2 fully saturated rings. The number of aromatic nitrogens is 2. The Morgan fingerprint density at radius 1 is 1.26 bits per heavy atom. The van der Waals surface area contributed by atoms with Crippen molar-refractivity contribution in [3.8, 4) is 11.8 Å². The molecule has 4 rings (SSSR count). The minimum Gasteiger partial charge on any atom is -0.449 e. The van der Waals surface area contributed by atoms with Gasteiger partial charge in [0, 0.05) is 18.3 Å². The lowest BCUT2D eigenvalue weighted by atomic mass is 9.96. The third-order valence-corrected chi connectivity index (χ3v) is 9.29. The summed E-state index contributed by atoms with van der Waals surface area (Å²) in [4.78, 5) is 43.4. The Morgan fingerprint density at radius 2 is 1.98 bits per heavy atom. The summed E-state index contributed by atoms with van der Waals surface area (Å²) in [6.07, 6.45) is -0.284. The molecule has 1 aromatic carbocycles. The molecule has 5 atom stereocenters. The lowest BCUT2D eigenvalue weighted by Crippen LogP contribution is -2.43. The van der Waals surface area contributed by atoms with Gasteiger partial charge >= 0.3 is 11.7 Å². The van der Waals surface area contributed by atoms with Crippen molar-refractivity contribution >= 4 is 14.5 Å². The zero-order valence-electron chi connectivity index (χ0n) is 24.9. The summed E-state index contributed by atoms with van der Waals surface area (Å²) in [5, 5.41) is 0. The quantitative estimate of drug-likeness (QED) is 0.126. The third-order valence-electron chi connectivity index (χ3n) is 7.18. The number of aromatic amines is 1. The number of ether oxygens (including phenoxy) is 3. The lowest BCUT2D eigenvalue weighted by molar-refractivity contribution is -0.175. The van der Waals surface area contributed by atoms with E-state index in [-0.39, 0.29) is 44.0 Å². The molecule has 0 spiro atoms. The topological polar surface area (TPSA) is 126 Å². The van der Waals surface area contributed by atoms with E-state index in [1.807, 2.05) is 6.92 Å². The van der Waals surface area contributed by atoms with Crippen LogP contribution in [0, 0.1) is 18.4 Å². The van der Waals surface area contributed by atoms with Crippen LogP contribution >= 0.6 is 8.53 Å². The predicted octanol–water partition coefficient (Wildman–Crippen LogP) is 3.49. The fourth-order valence-electron chi connectivity index (χ4n) is 5.14. The van der Waals surface area contributed by atoms with Gasteiger partial charge in [0.15, 0.2) is 12.8 Å². The Morgan fingerprint density at radius 3 is 2.63 bits per heavy atom. The second-order valence-electron chi connectivity index (χ2n) is 10.7. The van der Waals surface area contributed by atoms with E-state index in [4.69, 9.17) is 29.8 Å². The van der Waals surface area contributed by atoms with Crippen LogP contribution in [0.3, 0.4) is 0 Å². The average Bonchev–Trinajstić information content (AvgIpc) is 3.48. The van der Waals surface area contributed by atoms with E-state index in [9.17, 15) is 14.4 Å². The van der Waals surface area contributed by atoms with Crippen molar-refractivity contribution in [3.05, 3.63) is 79.9 Å². The molecule has 12 nitrogen and oxygen atoms in total. The van der Waals surface area contributed by atoms with E-state index in [0.29, 0.717) is 12.0 Å². The van der Waals surface area contributed by atoms with E-state index >= 15 is 0 Å². The number of nitrogens with one attached hydrogen (secondary N) is 1. The number of benzene rings is 1. The van der Waals surface area contributed by atoms with Gasteiger partial charge in [0.2, 0.25) is 6.54 Å². The predicted molar refractivity (Wildman–Crippen MR) is 159 cm³/mol. The summed E-state index contributed by atoms with van der Waals surface area (Å²) < 4.78 is 33.9. The van der Waals surface area contributed by atoms with Gasteiger partial charge in [0.25, 0.3) is 14.1 Å². The van der Waals surface area contributed by atoms with Gasteiger partial charge in [-0.05, 0) is 46.2 Å². The molecule has 2 unspecified atom stereocenters. The second kappa shape index (κ2) is 14.4. The van der Waals surface area contributed by atoms with E-state index in [2.05, 4.69) is 54.0 Å². The van der Waals surface area contributed by atoms with Crippen molar-refractivity contribution in [2.24, 2.45) is 0 Å². The molecule has 2 aliphatic rings. The molecule has 230 valence electrons. The molecule has 2 aromatic rings. The van der Waals surface area contributed by atoms with Crippen LogP contribution in [0.1, 0.15) is 63.2 Å². The molecule has 1 aromatic heterocycles. The highest BCUT2D eigenvalue weighted by atomic mass is 31.2. The van der Waals surface area contributed by atoms with Gasteiger partial charge in [-0.25, -0.2) is 20.8 Å². The number of carbonyl (C=O) groups excluding carboxylic acids is 1. The SMILES string of the molecule is [C-]#[N+]CCOP(O[C@H]1C2OC[C@@]1(CC)O[C@H]2n1cc(C#CCOC(=O)c2ccccc2)c(=O)[nH]c1=O)N(C(C)C)C(C)C. The summed E-state index contributed by atoms with van der Waals surface area (Å²) in [6.45, 7) is 17.7. The minimum atomic E-state index is -1.59. The van der Waals surface area contributed by atoms with Gasteiger partial charge in [-0.1, -0.05) is 37.0 Å². The number of H-pyrrole nitrogens is 1. The summed E-state index contributed by atoms with van der Waals surface area (Å²) in [6, 6.07) is 8.68. The molecule has 13 heteroatoms. The first kappa shape index (κ1) is 32.6. The molecule has 2 saturated heterocycles. The molecular formula is C30H37N4O8P. The Bertz CT molecular complexity index is 1480. The van der Waals surface area contributed by atoms with Gasteiger partial charge in [-0.3, -0.25) is 14.3 Å². The maximum absolute atomic E-state index is 13.0. The normalized spacial score (nSPS) is 23.3. The van der Waals surface area contributed by atoms with E-state index < -0.39 is 49.8 Å². The number of carbonyl (C=O) groups is 1. The summed E-state index contributed by atoms with van der Waals surface area (Å²) in [5.74, 6) is 4.81. The molecule has 0 aliphatic carbocycles. The van der Waals surface area contributed by atoms with E-state index in [1.54, 1.807) is 30.3 Å². The van der Waals surface area contributed by atoms with Crippen LogP contribution in [0.25, 0.3) is 4.85 Å². The van der Waals surface area contributed by atoms with Gasteiger partial charge in [-0.15, -0.1) is 0 Å². The van der Waals surface area contributed by atoms with Crippen LogP contribution in [0.5, 0.6) is 0 Å². The van der Waals surface area contributed by atoms with Crippen LogP contribution in [0.2, 0.25) is 0 Å². The lowest BCUT2D eigenvalue weighted by Gasteiger charge is -2.38. The number of esters is 1. The highest BCUT2D eigenvalue weighted by Gasteiger charge is 2.63. The van der Waals surface area contributed by atoms with Crippen molar-refractivity contribution < 1.29 is 28.1 Å².